The standard InChI is InChI=1S/C15H16FNO3/c1-2-3-4-9-15(19)20-11-14(18)17-10-12-7-5-6-8-13(12)16/h2-9H,10-11H2,1H3,(H,17,18)/b3-2+,9-4+. The van der Waals surface area contributed by atoms with Gasteiger partial charge in [0.1, 0.15) is 5.82 Å². The SMILES string of the molecule is C/C=C/C=C/C(=O)OCC(=O)NCc1ccccc1F. The Balaban J connectivity index is 2.31. The summed E-state index contributed by atoms with van der Waals surface area (Å²) in [6, 6.07) is 6.13. The van der Waals surface area contributed by atoms with E-state index in [0.717, 1.165) is 0 Å². The number of halogens is 1. The quantitative estimate of drug-likeness (QED) is 0.492. The summed E-state index contributed by atoms with van der Waals surface area (Å²) in [5.74, 6) is -1.48. The van der Waals surface area contributed by atoms with Gasteiger partial charge in [-0.1, -0.05) is 36.4 Å². The van der Waals surface area contributed by atoms with Crippen LogP contribution >= 0.6 is 0 Å². The summed E-state index contributed by atoms with van der Waals surface area (Å²) in [4.78, 5) is 22.6. The van der Waals surface area contributed by atoms with Gasteiger partial charge < -0.3 is 10.1 Å². The second-order valence-electron chi connectivity index (χ2n) is 3.86. The maximum Gasteiger partial charge on any atom is 0.331 e. The Morgan fingerprint density at radius 3 is 2.75 bits per heavy atom. The second-order valence-corrected chi connectivity index (χ2v) is 3.86. The van der Waals surface area contributed by atoms with Gasteiger partial charge in [-0.25, -0.2) is 9.18 Å². The highest BCUT2D eigenvalue weighted by molar-refractivity contribution is 5.85. The molecule has 0 bridgehead atoms. The minimum atomic E-state index is -0.607. The molecule has 0 aromatic heterocycles. The smallest absolute Gasteiger partial charge is 0.331 e. The molecule has 0 radical (unpaired) electrons. The van der Waals surface area contributed by atoms with Crippen molar-refractivity contribution in [1.29, 1.82) is 0 Å². The van der Waals surface area contributed by atoms with Crippen LogP contribution in [0.2, 0.25) is 0 Å². The van der Waals surface area contributed by atoms with E-state index in [1.165, 1.54) is 18.2 Å². The van der Waals surface area contributed by atoms with Crippen LogP contribution in [0, 0.1) is 5.82 Å². The molecule has 0 atom stereocenters. The molecule has 0 heterocycles. The number of benzene rings is 1. The predicted octanol–water partition coefficient (Wildman–Crippen LogP) is 2.12. The average molecular weight is 277 g/mol. The summed E-state index contributed by atoms with van der Waals surface area (Å²) in [6.45, 7) is 1.47. The largest absolute Gasteiger partial charge is 0.452 e. The Labute approximate surface area is 116 Å². The topological polar surface area (TPSA) is 55.4 Å². The molecule has 0 saturated carbocycles. The molecule has 0 unspecified atom stereocenters. The molecule has 0 aliphatic rings. The maximum atomic E-state index is 13.3. The number of hydrogen-bond donors (Lipinski definition) is 1. The summed E-state index contributed by atoms with van der Waals surface area (Å²) >= 11 is 0. The molecule has 106 valence electrons. The van der Waals surface area contributed by atoms with E-state index in [2.05, 4.69) is 5.32 Å². The van der Waals surface area contributed by atoms with Crippen molar-refractivity contribution in [2.24, 2.45) is 0 Å². The number of rotatable bonds is 6. The predicted molar refractivity (Wildman–Crippen MR) is 73.2 cm³/mol. The van der Waals surface area contributed by atoms with E-state index in [1.807, 2.05) is 6.92 Å². The molecular weight excluding hydrogens is 261 g/mol. The Hall–Kier alpha value is -2.43. The number of carbonyl (C=O) groups is 2. The van der Waals surface area contributed by atoms with E-state index >= 15 is 0 Å². The maximum absolute atomic E-state index is 13.3. The molecule has 4 nitrogen and oxygen atoms in total. The molecule has 0 saturated heterocycles. The van der Waals surface area contributed by atoms with Crippen molar-refractivity contribution in [3.8, 4) is 0 Å². The third-order valence-corrected chi connectivity index (χ3v) is 2.32. The van der Waals surface area contributed by atoms with Crippen molar-refractivity contribution in [2.75, 3.05) is 6.61 Å². The lowest BCUT2D eigenvalue weighted by atomic mass is 10.2. The number of nitrogens with one attached hydrogen (secondary N) is 1. The van der Waals surface area contributed by atoms with Crippen LogP contribution in [0.15, 0.2) is 48.6 Å². The zero-order valence-electron chi connectivity index (χ0n) is 11.1. The van der Waals surface area contributed by atoms with Gasteiger partial charge in [0.15, 0.2) is 6.61 Å². The van der Waals surface area contributed by atoms with Crippen molar-refractivity contribution in [3.63, 3.8) is 0 Å². The first kappa shape index (κ1) is 15.6. The lowest BCUT2D eigenvalue weighted by Gasteiger charge is -2.06. The van der Waals surface area contributed by atoms with Gasteiger partial charge in [-0.15, -0.1) is 0 Å². The number of ether oxygens (including phenoxy) is 1. The summed E-state index contributed by atoms with van der Waals surface area (Å²) in [5, 5.41) is 2.47. The highest BCUT2D eigenvalue weighted by Gasteiger charge is 2.06. The van der Waals surface area contributed by atoms with Crippen LogP contribution in [0.25, 0.3) is 0 Å². The molecule has 0 spiro atoms. The average Bonchev–Trinajstić information content (AvgIpc) is 2.44. The third kappa shape index (κ3) is 5.95. The Morgan fingerprint density at radius 2 is 2.05 bits per heavy atom. The number of allylic oxidation sites excluding steroid dienone is 3. The molecule has 1 aromatic rings. The Morgan fingerprint density at radius 1 is 1.30 bits per heavy atom. The minimum Gasteiger partial charge on any atom is -0.452 e. The number of carbonyl (C=O) groups excluding carboxylic acids is 2. The van der Waals surface area contributed by atoms with Crippen LogP contribution in [-0.4, -0.2) is 18.5 Å². The molecule has 1 rings (SSSR count). The zero-order valence-corrected chi connectivity index (χ0v) is 11.1. The first-order chi connectivity index (χ1) is 9.63. The fraction of sp³-hybridized carbons (Fsp3) is 0.200. The molecule has 1 amide bonds. The van der Waals surface area contributed by atoms with Crippen molar-refractivity contribution in [1.82, 2.24) is 5.32 Å². The number of esters is 1. The van der Waals surface area contributed by atoms with Crippen molar-refractivity contribution >= 4 is 11.9 Å². The molecule has 0 aliphatic heterocycles. The Kier molecular flexibility index (Phi) is 6.75. The van der Waals surface area contributed by atoms with E-state index < -0.39 is 18.5 Å². The zero-order chi connectivity index (χ0) is 14.8. The lowest BCUT2D eigenvalue weighted by Crippen LogP contribution is -2.28. The van der Waals surface area contributed by atoms with Gasteiger partial charge in [-0.05, 0) is 13.0 Å². The summed E-state index contributed by atoms with van der Waals surface area (Å²) in [5.41, 5.74) is 0.375. The second kappa shape index (κ2) is 8.63. The highest BCUT2D eigenvalue weighted by Crippen LogP contribution is 2.05. The molecule has 20 heavy (non-hydrogen) atoms. The van der Waals surface area contributed by atoms with Crippen LogP contribution in [0.5, 0.6) is 0 Å². The summed E-state index contributed by atoms with van der Waals surface area (Å²) < 4.78 is 18.0. The fourth-order valence-electron chi connectivity index (χ4n) is 1.32. The van der Waals surface area contributed by atoms with Crippen LogP contribution in [0.4, 0.5) is 4.39 Å². The minimum absolute atomic E-state index is 0.0530. The van der Waals surface area contributed by atoms with E-state index in [0.29, 0.717) is 5.56 Å². The van der Waals surface area contributed by atoms with Crippen molar-refractivity contribution in [3.05, 3.63) is 60.0 Å². The van der Waals surface area contributed by atoms with Gasteiger partial charge in [-0.3, -0.25) is 4.79 Å². The van der Waals surface area contributed by atoms with Crippen LogP contribution < -0.4 is 5.32 Å². The normalized spacial score (nSPS) is 10.9. The number of amides is 1. The molecule has 1 N–H and O–H groups in total. The first-order valence-corrected chi connectivity index (χ1v) is 6.09. The van der Waals surface area contributed by atoms with Crippen molar-refractivity contribution < 1.29 is 18.7 Å². The molecule has 0 aliphatic carbocycles. The van der Waals surface area contributed by atoms with Gasteiger partial charge in [0.25, 0.3) is 5.91 Å². The monoisotopic (exact) mass is 277 g/mol. The van der Waals surface area contributed by atoms with Gasteiger partial charge in [0.2, 0.25) is 0 Å². The van der Waals surface area contributed by atoms with Gasteiger partial charge in [0, 0.05) is 18.2 Å². The van der Waals surface area contributed by atoms with Crippen LogP contribution in [-0.2, 0) is 20.9 Å². The van der Waals surface area contributed by atoms with E-state index in [9.17, 15) is 14.0 Å². The molecule has 5 heteroatoms. The van der Waals surface area contributed by atoms with Gasteiger partial charge >= 0.3 is 5.97 Å². The lowest BCUT2D eigenvalue weighted by molar-refractivity contribution is -0.143. The van der Waals surface area contributed by atoms with Crippen molar-refractivity contribution in [2.45, 2.75) is 13.5 Å². The molecular formula is C15H16FNO3. The molecule has 1 aromatic carbocycles. The van der Waals surface area contributed by atoms with E-state index in [4.69, 9.17) is 4.74 Å². The molecule has 0 fully saturated rings. The van der Waals surface area contributed by atoms with Crippen LogP contribution in [0.1, 0.15) is 12.5 Å². The van der Waals surface area contributed by atoms with Crippen LogP contribution in [0.3, 0.4) is 0 Å². The van der Waals surface area contributed by atoms with E-state index in [-0.39, 0.29) is 12.4 Å². The third-order valence-electron chi connectivity index (χ3n) is 2.32. The first-order valence-electron chi connectivity index (χ1n) is 6.09. The van der Waals surface area contributed by atoms with Gasteiger partial charge in [0.05, 0.1) is 0 Å². The fourth-order valence-corrected chi connectivity index (χ4v) is 1.32. The summed E-state index contributed by atoms with van der Waals surface area (Å²) in [6.07, 6.45) is 6.15. The van der Waals surface area contributed by atoms with Gasteiger partial charge in [-0.2, -0.15) is 0 Å². The van der Waals surface area contributed by atoms with E-state index in [1.54, 1.807) is 30.4 Å². The Bertz CT molecular complexity index is 524. The summed E-state index contributed by atoms with van der Waals surface area (Å²) in [7, 11) is 0. The highest BCUT2D eigenvalue weighted by atomic mass is 19.1. The number of hydrogen-bond acceptors (Lipinski definition) is 3.